The summed E-state index contributed by atoms with van der Waals surface area (Å²) in [6.07, 6.45) is 0.946. The van der Waals surface area contributed by atoms with Gasteiger partial charge in [-0.2, -0.15) is 0 Å². The van der Waals surface area contributed by atoms with Gasteiger partial charge in [-0.1, -0.05) is 25.1 Å². The molecule has 0 heterocycles. The minimum Gasteiger partial charge on any atom is -0.126 e. The highest BCUT2D eigenvalue weighted by atomic mass is 35.5. The molecule has 0 unspecified atom stereocenters. The highest BCUT2D eigenvalue weighted by Gasteiger charge is 2.22. The Labute approximate surface area is 103 Å². The number of rotatable bonds is 4. The molecule has 0 aromatic heterocycles. The van der Waals surface area contributed by atoms with Gasteiger partial charge in [0.2, 0.25) is 0 Å². The zero-order valence-electron chi connectivity index (χ0n) is 9.61. The Morgan fingerprint density at radius 3 is 2.13 bits per heavy atom. The number of halogens is 2. The lowest BCUT2D eigenvalue weighted by atomic mass is 9.87. The van der Waals surface area contributed by atoms with E-state index in [-0.39, 0.29) is 5.41 Å². The fourth-order valence-corrected chi connectivity index (χ4v) is 2.01. The van der Waals surface area contributed by atoms with E-state index in [1.165, 1.54) is 16.7 Å². The summed E-state index contributed by atoms with van der Waals surface area (Å²) in [5, 5.41) is 0. The van der Waals surface area contributed by atoms with E-state index in [0.717, 1.165) is 6.42 Å². The molecule has 0 fully saturated rings. The molecule has 1 aromatic rings. The highest BCUT2D eigenvalue weighted by Crippen LogP contribution is 2.26. The first-order valence-electron chi connectivity index (χ1n) is 5.19. The van der Waals surface area contributed by atoms with Crippen molar-refractivity contribution in [3.8, 4) is 0 Å². The summed E-state index contributed by atoms with van der Waals surface area (Å²) >= 11 is 11.9. The third-order valence-corrected chi connectivity index (χ3v) is 4.14. The molecule has 15 heavy (non-hydrogen) atoms. The van der Waals surface area contributed by atoms with Crippen LogP contribution in [0.1, 0.15) is 23.6 Å². The monoisotopic (exact) mass is 244 g/mol. The van der Waals surface area contributed by atoms with Crippen molar-refractivity contribution < 1.29 is 0 Å². The van der Waals surface area contributed by atoms with Crippen LogP contribution < -0.4 is 0 Å². The first kappa shape index (κ1) is 12.9. The fourth-order valence-electron chi connectivity index (χ4n) is 1.54. The molecule has 0 aliphatic carbocycles. The molecule has 0 atom stereocenters. The van der Waals surface area contributed by atoms with E-state index in [1.807, 2.05) is 0 Å². The van der Waals surface area contributed by atoms with Gasteiger partial charge in [-0.3, -0.25) is 0 Å². The fraction of sp³-hybridized carbons (Fsp3) is 0.538. The lowest BCUT2D eigenvalue weighted by molar-refractivity contribution is 0.425. The van der Waals surface area contributed by atoms with Crippen LogP contribution in [0.2, 0.25) is 0 Å². The second-order valence-corrected chi connectivity index (χ2v) is 5.21. The van der Waals surface area contributed by atoms with Crippen molar-refractivity contribution >= 4 is 23.2 Å². The molecule has 0 nitrogen and oxygen atoms in total. The van der Waals surface area contributed by atoms with E-state index in [4.69, 9.17) is 23.2 Å². The van der Waals surface area contributed by atoms with Crippen LogP contribution in [0, 0.1) is 19.3 Å². The summed E-state index contributed by atoms with van der Waals surface area (Å²) in [5.41, 5.74) is 3.99. The number of alkyl halides is 2. The Morgan fingerprint density at radius 1 is 1.07 bits per heavy atom. The topological polar surface area (TPSA) is 0 Å². The molecule has 0 spiro atoms. The van der Waals surface area contributed by atoms with Gasteiger partial charge < -0.3 is 0 Å². The van der Waals surface area contributed by atoms with Gasteiger partial charge in [0.05, 0.1) is 0 Å². The maximum Gasteiger partial charge on any atom is 0.0291 e. The average Bonchev–Trinajstić information content (AvgIpc) is 2.23. The molecule has 0 N–H and O–H groups in total. The summed E-state index contributed by atoms with van der Waals surface area (Å²) in [4.78, 5) is 0. The Bertz CT molecular complexity index is 327. The van der Waals surface area contributed by atoms with Crippen molar-refractivity contribution in [2.24, 2.45) is 5.41 Å². The summed E-state index contributed by atoms with van der Waals surface area (Å²) in [7, 11) is 0. The molecule has 0 aliphatic heterocycles. The molecule has 0 bridgehead atoms. The zero-order valence-corrected chi connectivity index (χ0v) is 11.1. The molecule has 1 aromatic carbocycles. The third kappa shape index (κ3) is 3.39. The predicted molar refractivity (Wildman–Crippen MR) is 69.2 cm³/mol. The molecule has 1 rings (SSSR count). The summed E-state index contributed by atoms with van der Waals surface area (Å²) in [6.45, 7) is 6.39. The van der Waals surface area contributed by atoms with E-state index < -0.39 is 0 Å². The zero-order chi connectivity index (χ0) is 11.5. The van der Waals surface area contributed by atoms with Gasteiger partial charge in [-0.25, -0.2) is 0 Å². The third-order valence-electron chi connectivity index (χ3n) is 2.85. The first-order chi connectivity index (χ1) is 7.00. The molecular formula is C13H18Cl2. The quantitative estimate of drug-likeness (QED) is 0.692. The van der Waals surface area contributed by atoms with Crippen molar-refractivity contribution in [3.63, 3.8) is 0 Å². The second kappa shape index (κ2) is 5.23. The van der Waals surface area contributed by atoms with E-state index in [0.29, 0.717) is 11.8 Å². The van der Waals surface area contributed by atoms with Gasteiger partial charge in [0.15, 0.2) is 0 Å². The van der Waals surface area contributed by atoms with Gasteiger partial charge >= 0.3 is 0 Å². The van der Waals surface area contributed by atoms with E-state index in [2.05, 4.69) is 39.0 Å². The second-order valence-electron chi connectivity index (χ2n) is 4.67. The largest absolute Gasteiger partial charge is 0.126 e. The van der Waals surface area contributed by atoms with Crippen LogP contribution in [0.15, 0.2) is 18.2 Å². The lowest BCUT2D eigenvalue weighted by Crippen LogP contribution is -2.23. The van der Waals surface area contributed by atoms with Crippen LogP contribution in [0.4, 0.5) is 0 Å². The number of benzene rings is 1. The summed E-state index contributed by atoms with van der Waals surface area (Å²) in [6, 6.07) is 6.56. The van der Waals surface area contributed by atoms with Gasteiger partial charge in [-0.15, -0.1) is 23.2 Å². The minimum atomic E-state index is 0.00477. The number of hydrogen-bond donors (Lipinski definition) is 0. The number of hydrogen-bond acceptors (Lipinski definition) is 0. The van der Waals surface area contributed by atoms with Crippen LogP contribution in [-0.2, 0) is 6.42 Å². The minimum absolute atomic E-state index is 0.00477. The van der Waals surface area contributed by atoms with Gasteiger partial charge in [-0.05, 0) is 42.4 Å². The molecular weight excluding hydrogens is 227 g/mol. The maximum atomic E-state index is 5.95. The molecule has 0 radical (unpaired) electrons. The van der Waals surface area contributed by atoms with Crippen molar-refractivity contribution in [2.75, 3.05) is 11.8 Å². The van der Waals surface area contributed by atoms with E-state index in [1.54, 1.807) is 0 Å². The molecule has 2 heteroatoms. The normalized spacial score (nSPS) is 11.8. The van der Waals surface area contributed by atoms with Crippen molar-refractivity contribution in [3.05, 3.63) is 34.9 Å². The first-order valence-corrected chi connectivity index (χ1v) is 6.26. The van der Waals surface area contributed by atoms with E-state index >= 15 is 0 Å². The SMILES string of the molecule is Cc1ccc(CC(C)(CCl)CCl)cc1C. The van der Waals surface area contributed by atoms with Crippen molar-refractivity contribution in [1.82, 2.24) is 0 Å². The maximum absolute atomic E-state index is 5.95. The molecule has 0 saturated heterocycles. The molecule has 0 aliphatic rings. The van der Waals surface area contributed by atoms with Crippen LogP contribution in [-0.4, -0.2) is 11.8 Å². The molecule has 0 saturated carbocycles. The van der Waals surface area contributed by atoms with Crippen LogP contribution in [0.3, 0.4) is 0 Å². The van der Waals surface area contributed by atoms with Crippen molar-refractivity contribution in [2.45, 2.75) is 27.2 Å². The van der Waals surface area contributed by atoms with Gasteiger partial charge in [0, 0.05) is 11.8 Å². The summed E-state index contributed by atoms with van der Waals surface area (Å²) < 4.78 is 0. The smallest absolute Gasteiger partial charge is 0.0291 e. The Morgan fingerprint density at radius 2 is 1.67 bits per heavy atom. The van der Waals surface area contributed by atoms with Gasteiger partial charge in [0.1, 0.15) is 0 Å². The molecule has 0 amide bonds. The predicted octanol–water partition coefficient (Wildman–Crippen LogP) is 4.33. The number of aryl methyl sites for hydroxylation is 2. The summed E-state index contributed by atoms with van der Waals surface area (Å²) in [5.74, 6) is 1.20. The van der Waals surface area contributed by atoms with Crippen LogP contribution >= 0.6 is 23.2 Å². The van der Waals surface area contributed by atoms with Crippen molar-refractivity contribution in [1.29, 1.82) is 0 Å². The Kier molecular flexibility index (Phi) is 4.48. The van der Waals surface area contributed by atoms with Crippen LogP contribution in [0.5, 0.6) is 0 Å². The Balaban J connectivity index is 2.85. The lowest BCUT2D eigenvalue weighted by Gasteiger charge is -2.24. The standard InChI is InChI=1S/C13H18Cl2/c1-10-4-5-12(6-11(10)2)7-13(3,8-14)9-15/h4-6H,7-9H2,1-3H3. The highest BCUT2D eigenvalue weighted by molar-refractivity contribution is 6.21. The average molecular weight is 245 g/mol. The van der Waals surface area contributed by atoms with E-state index in [9.17, 15) is 0 Å². The van der Waals surface area contributed by atoms with Gasteiger partial charge in [0.25, 0.3) is 0 Å². The van der Waals surface area contributed by atoms with Crippen LogP contribution in [0.25, 0.3) is 0 Å². The Hall–Kier alpha value is -0.200. The molecule has 84 valence electrons.